The molecule has 0 spiro atoms. The lowest BCUT2D eigenvalue weighted by Gasteiger charge is -2.21. The molecule has 0 aliphatic carbocycles. The van der Waals surface area contributed by atoms with Crippen LogP contribution in [0.4, 0.5) is 0 Å². The number of phenols is 1. The molecule has 0 radical (unpaired) electrons. The molecule has 0 bridgehead atoms. The van der Waals surface area contributed by atoms with E-state index in [0.29, 0.717) is 41.5 Å². The third kappa shape index (κ3) is 4.38. The molecule has 0 saturated carbocycles. The summed E-state index contributed by atoms with van der Waals surface area (Å²) in [5.74, 6) is 1.81. The van der Waals surface area contributed by atoms with Crippen LogP contribution in [-0.4, -0.2) is 63.1 Å². The number of carbonyl (C=O) groups is 1. The molecule has 1 aliphatic heterocycles. The molecule has 0 saturated heterocycles. The van der Waals surface area contributed by atoms with E-state index in [9.17, 15) is 9.90 Å². The summed E-state index contributed by atoms with van der Waals surface area (Å²) >= 11 is 0. The minimum absolute atomic E-state index is 0.179. The van der Waals surface area contributed by atoms with Gasteiger partial charge >= 0.3 is 0 Å². The van der Waals surface area contributed by atoms with Gasteiger partial charge in [0, 0.05) is 18.7 Å². The van der Waals surface area contributed by atoms with Crippen molar-refractivity contribution in [3.63, 3.8) is 0 Å². The maximum absolute atomic E-state index is 13.3. The maximum atomic E-state index is 13.3. The van der Waals surface area contributed by atoms with E-state index < -0.39 is 0 Å². The molecule has 3 rings (SSSR count). The smallest absolute Gasteiger partial charge is 0.232 e. The van der Waals surface area contributed by atoms with Crippen LogP contribution in [0.25, 0.3) is 6.08 Å². The first-order chi connectivity index (χ1) is 14.7. The van der Waals surface area contributed by atoms with E-state index in [-0.39, 0.29) is 17.3 Å². The summed E-state index contributed by atoms with van der Waals surface area (Å²) in [6.45, 7) is 2.83. The van der Waals surface area contributed by atoms with Crippen LogP contribution in [0.3, 0.4) is 0 Å². The first kappa shape index (κ1) is 22.7. The van der Waals surface area contributed by atoms with E-state index in [1.165, 1.54) is 0 Å². The molecule has 7 nitrogen and oxygen atoms in total. The number of phenolic OH excluding ortho intramolecular Hbond substituents is 1. The van der Waals surface area contributed by atoms with Gasteiger partial charge in [-0.25, -0.2) is 0 Å². The third-order valence-corrected chi connectivity index (χ3v) is 5.22. The van der Waals surface area contributed by atoms with E-state index in [1.54, 1.807) is 32.4 Å². The van der Waals surface area contributed by atoms with E-state index in [1.807, 2.05) is 51.0 Å². The first-order valence-electron chi connectivity index (χ1n) is 10.0. The topological polar surface area (TPSA) is 71.5 Å². The number of ether oxygens (including phenoxy) is 3. The summed E-state index contributed by atoms with van der Waals surface area (Å²) in [4.78, 5) is 17.2. The number of hydrogen-bond acceptors (Lipinski definition) is 7. The molecule has 1 heterocycles. The van der Waals surface area contributed by atoms with Gasteiger partial charge < -0.3 is 29.1 Å². The van der Waals surface area contributed by atoms with E-state index in [0.717, 1.165) is 16.7 Å². The Labute approximate surface area is 183 Å². The minimum atomic E-state index is -0.192. The number of benzene rings is 2. The van der Waals surface area contributed by atoms with Crippen LogP contribution >= 0.6 is 0 Å². The molecule has 7 heteroatoms. The van der Waals surface area contributed by atoms with Crippen LogP contribution in [0.2, 0.25) is 0 Å². The highest BCUT2D eigenvalue weighted by Crippen LogP contribution is 2.45. The highest BCUT2D eigenvalue weighted by Gasteiger charge is 2.35. The lowest BCUT2D eigenvalue weighted by molar-refractivity contribution is 0.101. The normalized spacial score (nSPS) is 14.4. The van der Waals surface area contributed by atoms with Gasteiger partial charge in [-0.1, -0.05) is 6.07 Å². The highest BCUT2D eigenvalue weighted by atomic mass is 16.5. The molecule has 0 amide bonds. The van der Waals surface area contributed by atoms with Crippen molar-refractivity contribution in [2.45, 2.75) is 20.0 Å². The molecular weight excluding hydrogens is 396 g/mol. The van der Waals surface area contributed by atoms with Gasteiger partial charge in [-0.15, -0.1) is 0 Å². The lowest BCUT2D eigenvalue weighted by Crippen LogP contribution is -2.16. The number of methoxy groups -OCH3 is 2. The fourth-order valence-corrected chi connectivity index (χ4v) is 3.77. The predicted molar refractivity (Wildman–Crippen MR) is 120 cm³/mol. The van der Waals surface area contributed by atoms with Gasteiger partial charge in [-0.2, -0.15) is 0 Å². The first-order valence-corrected chi connectivity index (χ1v) is 10.0. The van der Waals surface area contributed by atoms with Crippen molar-refractivity contribution in [1.82, 2.24) is 9.80 Å². The average molecular weight is 427 g/mol. The molecular formula is C24H30N2O5. The molecule has 0 aromatic heterocycles. The Balaban J connectivity index is 2.12. The molecule has 0 fully saturated rings. The summed E-state index contributed by atoms with van der Waals surface area (Å²) in [6.07, 6.45) is 1.69. The number of fused-ring (bicyclic) bond motifs is 1. The van der Waals surface area contributed by atoms with E-state index >= 15 is 0 Å². The Morgan fingerprint density at radius 3 is 2.19 bits per heavy atom. The number of ketones is 1. The Kier molecular flexibility index (Phi) is 6.57. The number of nitrogens with zero attached hydrogens (tertiary/aromatic N) is 2. The summed E-state index contributed by atoms with van der Waals surface area (Å²) in [5, 5.41) is 11.0. The predicted octanol–water partition coefficient (Wildman–Crippen LogP) is 3.46. The van der Waals surface area contributed by atoms with Crippen molar-refractivity contribution < 1.29 is 24.1 Å². The number of aromatic hydroxyl groups is 1. The van der Waals surface area contributed by atoms with Gasteiger partial charge in [-0.3, -0.25) is 4.79 Å². The summed E-state index contributed by atoms with van der Waals surface area (Å²) in [7, 11) is 10.8. The Morgan fingerprint density at radius 2 is 1.61 bits per heavy atom. The van der Waals surface area contributed by atoms with Crippen LogP contribution in [0.15, 0.2) is 24.0 Å². The average Bonchev–Trinajstić information content (AvgIpc) is 3.04. The second kappa shape index (κ2) is 8.99. The van der Waals surface area contributed by atoms with Crippen LogP contribution < -0.4 is 14.2 Å². The summed E-state index contributed by atoms with van der Waals surface area (Å²) in [6, 6.07) is 5.39. The minimum Gasteiger partial charge on any atom is -0.507 e. The van der Waals surface area contributed by atoms with Crippen LogP contribution in [0.1, 0.15) is 32.6 Å². The fraction of sp³-hybridized carbons (Fsp3) is 0.375. The second-order valence-corrected chi connectivity index (χ2v) is 8.16. The van der Waals surface area contributed by atoms with Gasteiger partial charge in [0.05, 0.1) is 25.3 Å². The van der Waals surface area contributed by atoms with Gasteiger partial charge in [0.25, 0.3) is 0 Å². The SMILES string of the molecule is COc1ccc(/C=C2\Oc3c(CN(C)C)c(O)c(CN(C)C)c(C)c3C2=O)cc1OC. The Bertz CT molecular complexity index is 1040. The van der Waals surface area contributed by atoms with Crippen molar-refractivity contribution in [3.8, 4) is 23.0 Å². The number of allylic oxidation sites excluding steroid dienone is 1. The van der Waals surface area contributed by atoms with Crippen molar-refractivity contribution >= 4 is 11.9 Å². The molecule has 0 unspecified atom stereocenters. The molecule has 31 heavy (non-hydrogen) atoms. The van der Waals surface area contributed by atoms with Gasteiger partial charge in [0.2, 0.25) is 5.78 Å². The molecule has 2 aromatic rings. The van der Waals surface area contributed by atoms with E-state index in [2.05, 4.69) is 0 Å². The van der Waals surface area contributed by atoms with Crippen LogP contribution in [0, 0.1) is 6.92 Å². The number of Topliss-reactive ketones (excluding diaryl/α,β-unsaturated/α-hetero) is 1. The monoisotopic (exact) mass is 426 g/mol. The largest absolute Gasteiger partial charge is 0.507 e. The fourth-order valence-electron chi connectivity index (χ4n) is 3.77. The number of hydrogen-bond donors (Lipinski definition) is 1. The standard InChI is InChI=1S/C24H30N2O5/c1-14-16(12-25(2)3)22(27)17(13-26(4)5)24-21(14)23(28)20(31-24)11-15-8-9-18(29-6)19(10-15)30-7/h8-11,27H,12-13H2,1-7H3/b20-11-. The molecule has 1 aliphatic rings. The van der Waals surface area contributed by atoms with Crippen molar-refractivity contribution in [2.24, 2.45) is 0 Å². The van der Waals surface area contributed by atoms with E-state index in [4.69, 9.17) is 14.2 Å². The zero-order chi connectivity index (χ0) is 22.9. The molecule has 166 valence electrons. The van der Waals surface area contributed by atoms with Crippen LogP contribution in [0.5, 0.6) is 23.0 Å². The summed E-state index contributed by atoms with van der Waals surface area (Å²) in [5.41, 5.74) is 3.36. The van der Waals surface area contributed by atoms with Crippen LogP contribution in [-0.2, 0) is 13.1 Å². The zero-order valence-corrected chi connectivity index (χ0v) is 19.2. The van der Waals surface area contributed by atoms with Crippen molar-refractivity contribution in [3.05, 3.63) is 51.8 Å². The Morgan fingerprint density at radius 1 is 1.00 bits per heavy atom. The molecule has 1 N–H and O–H groups in total. The summed E-state index contributed by atoms with van der Waals surface area (Å²) < 4.78 is 16.7. The van der Waals surface area contributed by atoms with Gasteiger partial charge in [0.1, 0.15) is 11.5 Å². The maximum Gasteiger partial charge on any atom is 0.232 e. The molecule has 2 aromatic carbocycles. The Hall–Kier alpha value is -3.03. The number of rotatable bonds is 7. The van der Waals surface area contributed by atoms with Crippen molar-refractivity contribution in [2.75, 3.05) is 42.4 Å². The quantitative estimate of drug-likeness (QED) is 0.680. The second-order valence-electron chi connectivity index (χ2n) is 8.16. The third-order valence-electron chi connectivity index (χ3n) is 5.22. The van der Waals surface area contributed by atoms with Crippen molar-refractivity contribution in [1.29, 1.82) is 0 Å². The molecule has 0 atom stereocenters. The number of carbonyl (C=O) groups excluding carboxylic acids is 1. The highest BCUT2D eigenvalue weighted by molar-refractivity contribution is 6.16. The van der Waals surface area contributed by atoms with Gasteiger partial charge in [-0.05, 0) is 64.5 Å². The zero-order valence-electron chi connectivity index (χ0n) is 19.2. The van der Waals surface area contributed by atoms with Gasteiger partial charge in [0.15, 0.2) is 17.3 Å². The lowest BCUT2D eigenvalue weighted by atomic mass is 9.93.